The molecule has 20 heavy (non-hydrogen) atoms. The van der Waals surface area contributed by atoms with Crippen LogP contribution in [-0.4, -0.2) is 30.6 Å². The number of phenolic OH excluding ortho intramolecular Hbond substituents is 1. The fraction of sp³-hybridized carbons (Fsp3) is 0.647. The largest absolute Gasteiger partial charge is 0.508 e. The topological polar surface area (TPSA) is 23.5 Å². The molecule has 2 aliphatic rings. The zero-order chi connectivity index (χ0) is 14.3. The lowest BCUT2D eigenvalue weighted by Crippen LogP contribution is -2.34. The molecule has 4 atom stereocenters. The molecule has 3 heteroatoms. The van der Waals surface area contributed by atoms with Crippen molar-refractivity contribution in [1.82, 2.24) is 4.90 Å². The van der Waals surface area contributed by atoms with Crippen molar-refractivity contribution in [2.24, 2.45) is 17.8 Å². The third kappa shape index (κ3) is 2.69. The van der Waals surface area contributed by atoms with Crippen LogP contribution in [0.4, 0.5) is 4.39 Å². The van der Waals surface area contributed by atoms with E-state index >= 15 is 0 Å². The smallest absolute Gasteiger partial charge is 0.127 e. The van der Waals surface area contributed by atoms with Crippen molar-refractivity contribution in [3.8, 4) is 5.75 Å². The average Bonchev–Trinajstić information content (AvgIpc) is 2.74. The number of fused-ring (bicyclic) bond motifs is 2. The van der Waals surface area contributed by atoms with Gasteiger partial charge in [0.25, 0.3) is 0 Å². The lowest BCUT2D eigenvalue weighted by Gasteiger charge is -2.38. The molecule has 0 amide bonds. The zero-order valence-electron chi connectivity index (χ0n) is 12.3. The van der Waals surface area contributed by atoms with Gasteiger partial charge in [0.1, 0.15) is 11.6 Å². The van der Waals surface area contributed by atoms with Crippen molar-refractivity contribution in [2.75, 3.05) is 20.6 Å². The Morgan fingerprint density at radius 3 is 2.70 bits per heavy atom. The fourth-order valence-corrected chi connectivity index (χ4v) is 4.47. The van der Waals surface area contributed by atoms with Crippen LogP contribution in [-0.2, 0) is 0 Å². The molecule has 0 spiro atoms. The number of hydrogen-bond acceptors (Lipinski definition) is 2. The first kappa shape index (κ1) is 13.9. The molecule has 2 nitrogen and oxygen atoms in total. The molecule has 110 valence electrons. The number of nitrogens with zero attached hydrogens (tertiary/aromatic N) is 1. The van der Waals surface area contributed by atoms with E-state index in [0.717, 1.165) is 30.4 Å². The van der Waals surface area contributed by atoms with Crippen LogP contribution in [0, 0.1) is 23.6 Å². The van der Waals surface area contributed by atoms with Gasteiger partial charge in [0, 0.05) is 12.6 Å². The highest BCUT2D eigenvalue weighted by Gasteiger charge is 2.42. The Kier molecular flexibility index (Phi) is 3.72. The second kappa shape index (κ2) is 5.36. The van der Waals surface area contributed by atoms with Gasteiger partial charge in [-0.2, -0.15) is 0 Å². The van der Waals surface area contributed by atoms with Crippen molar-refractivity contribution >= 4 is 0 Å². The second-order valence-corrected chi connectivity index (χ2v) is 6.95. The molecule has 0 saturated heterocycles. The number of aromatic hydroxyl groups is 1. The summed E-state index contributed by atoms with van der Waals surface area (Å²) in [5.41, 5.74) is 0.992. The summed E-state index contributed by atoms with van der Waals surface area (Å²) in [6.45, 7) is 1.05. The van der Waals surface area contributed by atoms with Crippen molar-refractivity contribution in [3.05, 3.63) is 29.6 Å². The van der Waals surface area contributed by atoms with Crippen LogP contribution in [0.5, 0.6) is 5.75 Å². The van der Waals surface area contributed by atoms with Crippen molar-refractivity contribution in [2.45, 2.75) is 31.6 Å². The van der Waals surface area contributed by atoms with E-state index in [-0.39, 0.29) is 11.6 Å². The molecule has 0 aliphatic heterocycles. The van der Waals surface area contributed by atoms with Crippen molar-refractivity contribution < 1.29 is 9.50 Å². The predicted molar refractivity (Wildman–Crippen MR) is 78.3 cm³/mol. The Bertz CT molecular complexity index is 468. The minimum absolute atomic E-state index is 0.0570. The van der Waals surface area contributed by atoms with Gasteiger partial charge < -0.3 is 10.0 Å². The summed E-state index contributed by atoms with van der Waals surface area (Å²) >= 11 is 0. The quantitative estimate of drug-likeness (QED) is 0.912. The summed E-state index contributed by atoms with van der Waals surface area (Å²) in [5, 5.41) is 9.69. The molecule has 1 N–H and O–H groups in total. The molecule has 1 aromatic carbocycles. The van der Waals surface area contributed by atoms with Gasteiger partial charge in [-0.15, -0.1) is 0 Å². The first-order chi connectivity index (χ1) is 9.52. The number of halogens is 1. The molecule has 3 rings (SSSR count). The maximum Gasteiger partial charge on any atom is 0.127 e. The molecule has 0 heterocycles. The van der Waals surface area contributed by atoms with Crippen molar-refractivity contribution in [1.29, 1.82) is 0 Å². The highest BCUT2D eigenvalue weighted by atomic mass is 19.1. The third-order valence-corrected chi connectivity index (χ3v) is 5.20. The summed E-state index contributed by atoms with van der Waals surface area (Å²) in [5.74, 6) is 2.29. The monoisotopic (exact) mass is 277 g/mol. The van der Waals surface area contributed by atoms with E-state index in [1.807, 2.05) is 0 Å². The van der Waals surface area contributed by atoms with Crippen LogP contribution >= 0.6 is 0 Å². The first-order valence-electron chi connectivity index (χ1n) is 7.67. The van der Waals surface area contributed by atoms with Gasteiger partial charge in [-0.3, -0.25) is 0 Å². The highest BCUT2D eigenvalue weighted by Crippen LogP contribution is 2.52. The molecule has 0 aromatic heterocycles. The molecular formula is C17H24FNO. The van der Waals surface area contributed by atoms with Gasteiger partial charge in [0.2, 0.25) is 0 Å². The number of phenols is 1. The van der Waals surface area contributed by atoms with Gasteiger partial charge in [0.15, 0.2) is 0 Å². The lowest BCUT2D eigenvalue weighted by molar-refractivity contribution is 0.164. The Morgan fingerprint density at radius 2 is 2.00 bits per heavy atom. The average molecular weight is 277 g/mol. The molecule has 2 saturated carbocycles. The lowest BCUT2D eigenvalue weighted by atomic mass is 9.69. The zero-order valence-corrected chi connectivity index (χ0v) is 12.3. The van der Waals surface area contributed by atoms with E-state index < -0.39 is 0 Å². The van der Waals surface area contributed by atoms with E-state index in [1.165, 1.54) is 25.3 Å². The van der Waals surface area contributed by atoms with E-state index in [1.54, 1.807) is 12.1 Å². The molecule has 2 fully saturated rings. The van der Waals surface area contributed by atoms with E-state index in [0.29, 0.717) is 11.8 Å². The van der Waals surface area contributed by atoms with Gasteiger partial charge in [-0.05, 0) is 74.7 Å². The number of rotatable bonds is 3. The summed E-state index contributed by atoms with van der Waals surface area (Å²) in [7, 11) is 4.22. The number of hydrogen-bond donors (Lipinski definition) is 1. The third-order valence-electron chi connectivity index (χ3n) is 5.20. The number of benzene rings is 1. The fourth-order valence-electron chi connectivity index (χ4n) is 4.47. The summed E-state index contributed by atoms with van der Waals surface area (Å²) in [6, 6.07) is 4.58. The van der Waals surface area contributed by atoms with Crippen LogP contribution < -0.4 is 0 Å². The molecule has 1 aromatic rings. The summed E-state index contributed by atoms with van der Waals surface area (Å²) in [4.78, 5) is 2.25. The second-order valence-electron chi connectivity index (χ2n) is 6.95. The van der Waals surface area contributed by atoms with Crippen LogP contribution in [0.25, 0.3) is 0 Å². The predicted octanol–water partition coefficient (Wildman–Crippen LogP) is 3.61. The van der Waals surface area contributed by atoms with Crippen LogP contribution in [0.2, 0.25) is 0 Å². The molecule has 2 bridgehead atoms. The first-order valence-corrected chi connectivity index (χ1v) is 7.67. The van der Waals surface area contributed by atoms with Crippen LogP contribution in [0.3, 0.4) is 0 Å². The normalized spacial score (nSPS) is 32.8. The molecular weight excluding hydrogens is 253 g/mol. The maximum absolute atomic E-state index is 13.6. The Morgan fingerprint density at radius 1 is 1.20 bits per heavy atom. The standard InChI is InChI=1S/C17H24FNO/c1-19(2)10-17-12-4-3-11(5-12)6-16(17)13-7-14(18)9-15(20)8-13/h7-9,11-12,16-17,20H,3-6,10H2,1-2H3/t11?,12?,16-,17-/m0/s1. The molecule has 2 unspecified atom stereocenters. The molecule has 0 radical (unpaired) electrons. The van der Waals surface area contributed by atoms with Gasteiger partial charge >= 0.3 is 0 Å². The van der Waals surface area contributed by atoms with Crippen LogP contribution in [0.15, 0.2) is 18.2 Å². The van der Waals surface area contributed by atoms with E-state index in [2.05, 4.69) is 19.0 Å². The highest BCUT2D eigenvalue weighted by molar-refractivity contribution is 5.32. The summed E-state index contributed by atoms with van der Waals surface area (Å²) in [6.07, 6.45) is 5.14. The molecule has 2 aliphatic carbocycles. The van der Waals surface area contributed by atoms with E-state index in [4.69, 9.17) is 0 Å². The Labute approximate surface area is 120 Å². The minimum atomic E-state index is -0.318. The van der Waals surface area contributed by atoms with Crippen molar-refractivity contribution in [3.63, 3.8) is 0 Å². The minimum Gasteiger partial charge on any atom is -0.508 e. The maximum atomic E-state index is 13.6. The Hall–Kier alpha value is -1.09. The van der Waals surface area contributed by atoms with Gasteiger partial charge in [-0.1, -0.05) is 6.42 Å². The summed E-state index contributed by atoms with van der Waals surface area (Å²) < 4.78 is 13.6. The van der Waals surface area contributed by atoms with Gasteiger partial charge in [-0.25, -0.2) is 4.39 Å². The Balaban J connectivity index is 1.91. The SMILES string of the molecule is CN(C)C[C@H]1C2CCC(C2)C[C@H]1c1cc(O)cc(F)c1. The van der Waals surface area contributed by atoms with Gasteiger partial charge in [0.05, 0.1) is 0 Å². The van der Waals surface area contributed by atoms with E-state index in [9.17, 15) is 9.50 Å². The van der Waals surface area contributed by atoms with Crippen LogP contribution in [0.1, 0.15) is 37.2 Å².